The summed E-state index contributed by atoms with van der Waals surface area (Å²) < 4.78 is 0.783. The number of carbonyl (C=O) groups excluding carboxylic acids is 1. The van der Waals surface area contributed by atoms with Crippen molar-refractivity contribution in [2.45, 2.75) is 25.3 Å². The van der Waals surface area contributed by atoms with Crippen LogP contribution >= 0.6 is 39.1 Å². The van der Waals surface area contributed by atoms with Crippen LogP contribution in [-0.4, -0.2) is 18.5 Å². The minimum Gasteiger partial charge on any atom is -0.324 e. The summed E-state index contributed by atoms with van der Waals surface area (Å²) in [5, 5.41) is 6.87. The van der Waals surface area contributed by atoms with Gasteiger partial charge in [-0.05, 0) is 25.0 Å². The third-order valence-corrected chi connectivity index (χ3v) is 3.69. The lowest BCUT2D eigenvalue weighted by molar-refractivity contribution is -0.116. The van der Waals surface area contributed by atoms with Crippen molar-refractivity contribution < 1.29 is 4.79 Å². The van der Waals surface area contributed by atoms with Crippen molar-refractivity contribution >= 4 is 50.7 Å². The molecule has 1 aromatic carbocycles. The van der Waals surface area contributed by atoms with Crippen molar-refractivity contribution in [3.8, 4) is 0 Å². The lowest BCUT2D eigenvalue weighted by Gasteiger charge is -2.10. The van der Waals surface area contributed by atoms with Gasteiger partial charge in [0.05, 0.1) is 15.7 Å². The monoisotopic (exact) mass is 350 g/mol. The summed E-state index contributed by atoms with van der Waals surface area (Å²) >= 11 is 15.3. The van der Waals surface area contributed by atoms with Crippen molar-refractivity contribution in [2.24, 2.45) is 0 Å². The van der Waals surface area contributed by atoms with E-state index in [9.17, 15) is 4.79 Å². The molecule has 3 nitrogen and oxygen atoms in total. The molecule has 0 atom stereocenters. The summed E-state index contributed by atoms with van der Waals surface area (Å²) in [4.78, 5) is 11.7. The zero-order valence-electron chi connectivity index (χ0n) is 9.60. The number of anilines is 1. The normalized spacial score (nSPS) is 14.6. The maximum absolute atomic E-state index is 11.7. The number of amides is 1. The zero-order valence-corrected chi connectivity index (χ0v) is 12.7. The highest BCUT2D eigenvalue weighted by atomic mass is 79.9. The number of nitrogens with one attached hydrogen (secondary N) is 2. The largest absolute Gasteiger partial charge is 0.324 e. The third kappa shape index (κ3) is 4.12. The lowest BCUT2D eigenvalue weighted by Crippen LogP contribution is -2.23. The predicted octanol–water partition coefficient (Wildman–Crippen LogP) is 3.84. The second-order valence-corrected chi connectivity index (χ2v) is 6.00. The Labute approximate surface area is 124 Å². The van der Waals surface area contributed by atoms with Crippen LogP contribution in [0.4, 0.5) is 5.69 Å². The van der Waals surface area contributed by atoms with Crippen LogP contribution in [0.1, 0.15) is 19.3 Å². The second-order valence-electron chi connectivity index (χ2n) is 4.27. The molecule has 0 heterocycles. The van der Waals surface area contributed by atoms with Gasteiger partial charge in [0.15, 0.2) is 0 Å². The van der Waals surface area contributed by atoms with Crippen LogP contribution in [0.3, 0.4) is 0 Å². The van der Waals surface area contributed by atoms with Crippen LogP contribution in [0.5, 0.6) is 0 Å². The molecule has 0 spiro atoms. The van der Waals surface area contributed by atoms with E-state index in [1.807, 2.05) is 0 Å². The molecule has 0 radical (unpaired) electrons. The maximum Gasteiger partial charge on any atom is 0.225 e. The molecule has 1 saturated carbocycles. The molecule has 1 aliphatic carbocycles. The fraction of sp³-hybridized carbons (Fsp3) is 0.417. The average Bonchev–Trinajstić information content (AvgIpc) is 3.07. The third-order valence-electron chi connectivity index (χ3n) is 2.63. The van der Waals surface area contributed by atoms with E-state index in [2.05, 4.69) is 26.6 Å². The molecule has 6 heteroatoms. The Hall–Kier alpha value is -0.290. The van der Waals surface area contributed by atoms with Gasteiger partial charge in [0, 0.05) is 23.5 Å². The van der Waals surface area contributed by atoms with Crippen LogP contribution in [0.15, 0.2) is 16.6 Å². The van der Waals surface area contributed by atoms with Crippen LogP contribution in [0, 0.1) is 0 Å². The molecule has 0 aliphatic heterocycles. The summed E-state index contributed by atoms with van der Waals surface area (Å²) in [5.41, 5.74) is 0.470. The Bertz CT molecular complexity index is 440. The summed E-state index contributed by atoms with van der Waals surface area (Å²) in [6, 6.07) is 4.01. The van der Waals surface area contributed by atoms with Crippen molar-refractivity contribution in [3.63, 3.8) is 0 Å². The first-order valence-corrected chi connectivity index (χ1v) is 7.29. The first-order chi connectivity index (χ1) is 8.56. The van der Waals surface area contributed by atoms with Gasteiger partial charge in [-0.1, -0.05) is 39.1 Å². The Kier molecular flexibility index (Phi) is 4.90. The van der Waals surface area contributed by atoms with Gasteiger partial charge >= 0.3 is 0 Å². The Morgan fingerprint density at radius 2 is 1.94 bits per heavy atom. The Morgan fingerprint density at radius 3 is 2.50 bits per heavy atom. The molecule has 18 heavy (non-hydrogen) atoms. The van der Waals surface area contributed by atoms with Crippen LogP contribution in [0.25, 0.3) is 0 Å². The number of carbonyl (C=O) groups is 1. The fourth-order valence-electron chi connectivity index (χ4n) is 1.54. The minimum absolute atomic E-state index is 0.0886. The topological polar surface area (TPSA) is 41.1 Å². The van der Waals surface area contributed by atoms with Crippen molar-refractivity contribution in [1.82, 2.24) is 5.32 Å². The number of benzene rings is 1. The highest BCUT2D eigenvalue weighted by Crippen LogP contribution is 2.33. The molecule has 1 fully saturated rings. The molecular formula is C12H13BrCl2N2O. The van der Waals surface area contributed by atoms with E-state index in [4.69, 9.17) is 23.2 Å². The summed E-state index contributed by atoms with van der Waals surface area (Å²) in [7, 11) is 0. The van der Waals surface area contributed by atoms with Crippen molar-refractivity contribution in [3.05, 3.63) is 26.7 Å². The summed E-state index contributed by atoms with van der Waals surface area (Å²) in [6.45, 7) is 0.683. The first-order valence-electron chi connectivity index (χ1n) is 5.74. The Morgan fingerprint density at radius 1 is 1.33 bits per heavy atom. The van der Waals surface area contributed by atoms with Crippen LogP contribution in [-0.2, 0) is 4.79 Å². The van der Waals surface area contributed by atoms with E-state index in [0.29, 0.717) is 34.7 Å². The number of rotatable bonds is 5. The van der Waals surface area contributed by atoms with Crippen LogP contribution < -0.4 is 10.6 Å². The Balaban J connectivity index is 1.89. The van der Waals surface area contributed by atoms with Gasteiger partial charge in [-0.15, -0.1) is 0 Å². The molecule has 98 valence electrons. The summed E-state index contributed by atoms with van der Waals surface area (Å²) in [6.07, 6.45) is 2.84. The molecule has 1 aliphatic rings. The smallest absolute Gasteiger partial charge is 0.225 e. The number of hydrogen-bond donors (Lipinski definition) is 2. The van der Waals surface area contributed by atoms with Gasteiger partial charge in [0.2, 0.25) is 5.91 Å². The van der Waals surface area contributed by atoms with E-state index < -0.39 is 0 Å². The molecule has 0 aromatic heterocycles. The minimum atomic E-state index is -0.0886. The molecular weight excluding hydrogens is 339 g/mol. The van der Waals surface area contributed by atoms with Crippen molar-refractivity contribution in [2.75, 3.05) is 11.9 Å². The van der Waals surface area contributed by atoms with Gasteiger partial charge < -0.3 is 10.6 Å². The van der Waals surface area contributed by atoms with E-state index in [-0.39, 0.29) is 5.91 Å². The molecule has 0 unspecified atom stereocenters. The highest BCUT2D eigenvalue weighted by molar-refractivity contribution is 9.10. The van der Waals surface area contributed by atoms with Gasteiger partial charge in [-0.25, -0.2) is 0 Å². The zero-order chi connectivity index (χ0) is 13.1. The standard InChI is InChI=1S/C12H13BrCl2N2O/c13-7-5-9(14)12(10(15)6-7)17-11(18)3-4-16-8-1-2-8/h5-6,8,16H,1-4H2,(H,17,18). The quantitative estimate of drug-likeness (QED) is 0.846. The first kappa shape index (κ1) is 14.1. The molecule has 1 aromatic rings. The average molecular weight is 352 g/mol. The van der Waals surface area contributed by atoms with E-state index in [1.165, 1.54) is 12.8 Å². The molecule has 2 rings (SSSR count). The van der Waals surface area contributed by atoms with Gasteiger partial charge in [-0.3, -0.25) is 4.79 Å². The van der Waals surface area contributed by atoms with Crippen molar-refractivity contribution in [1.29, 1.82) is 0 Å². The number of hydrogen-bond acceptors (Lipinski definition) is 2. The predicted molar refractivity (Wildman–Crippen MR) is 78.4 cm³/mol. The van der Waals surface area contributed by atoms with E-state index in [1.54, 1.807) is 12.1 Å². The van der Waals surface area contributed by atoms with Gasteiger partial charge in [0.1, 0.15) is 0 Å². The van der Waals surface area contributed by atoms with Crippen LogP contribution in [0.2, 0.25) is 10.0 Å². The molecule has 2 N–H and O–H groups in total. The van der Waals surface area contributed by atoms with Gasteiger partial charge in [-0.2, -0.15) is 0 Å². The van der Waals surface area contributed by atoms with E-state index in [0.717, 1.165) is 4.47 Å². The fourth-order valence-corrected chi connectivity index (χ4v) is 2.84. The summed E-state index contributed by atoms with van der Waals surface area (Å²) in [5.74, 6) is -0.0886. The molecule has 1 amide bonds. The van der Waals surface area contributed by atoms with E-state index >= 15 is 0 Å². The maximum atomic E-state index is 11.7. The van der Waals surface area contributed by atoms with Gasteiger partial charge in [0.25, 0.3) is 0 Å². The molecule has 0 bridgehead atoms. The number of halogens is 3. The highest BCUT2D eigenvalue weighted by Gasteiger charge is 2.20. The second kappa shape index (κ2) is 6.24. The molecule has 0 saturated heterocycles. The lowest BCUT2D eigenvalue weighted by atomic mass is 10.3. The SMILES string of the molecule is O=C(CCNC1CC1)Nc1c(Cl)cc(Br)cc1Cl.